The predicted octanol–water partition coefficient (Wildman–Crippen LogP) is 1.30. The number of piperidine rings is 1. The summed E-state index contributed by atoms with van der Waals surface area (Å²) in [4.78, 5) is 117. The number of primary amides is 1. The zero-order valence-electron chi connectivity index (χ0n) is 34.7. The van der Waals surface area contributed by atoms with Crippen LogP contribution in [-0.2, 0) is 40.0 Å². The van der Waals surface area contributed by atoms with Gasteiger partial charge in [0.25, 0.3) is 11.5 Å². The predicted molar refractivity (Wildman–Crippen MR) is 233 cm³/mol. The number of ketones is 3. The molecule has 10 N–H and O–H groups in total. The Morgan fingerprint density at radius 3 is 2.50 bits per heavy atom. The molecule has 1 aromatic carbocycles. The van der Waals surface area contributed by atoms with E-state index in [-0.39, 0.29) is 108 Å². The van der Waals surface area contributed by atoms with Crippen molar-refractivity contribution in [3.8, 4) is 0 Å². The number of alkyl carbamates (subject to hydrolysis) is 1. The number of nitrogens with zero attached hydrogens (tertiary/aromatic N) is 3. The number of amides is 3. The number of aromatic nitrogens is 4. The zero-order valence-corrected chi connectivity index (χ0v) is 36.3. The standard InChI is InChI=1S/C41H46N10O11S2/c1-18-30(33(55)29-24(15-27(42)53)41(61-2)23(28(29)32(18)54)14-26-34(41)47-26)49-40(60)62-11-13-64-63-12-3-4-22(52)9-10-25(38(58)59)48-36(56)19-5-7-20(8-6-19)44-16-21-17-45-35-31(46-21)37(57)51-39(43)50-35/h5-8,17,23-26,34,44,47H,3-4,9-16H2,1-2H3,(H2,42,53)(H,48,56)(H,49,60)(H,58,59)(H3,43,45,50,51,57)/t23?,24-,25+,26+,34+,41-/m1/s1. The molecule has 0 radical (unpaired) electrons. The highest BCUT2D eigenvalue weighted by Gasteiger charge is 2.73. The molecule has 338 valence electrons. The van der Waals surface area contributed by atoms with Crippen LogP contribution in [0.15, 0.2) is 57.7 Å². The van der Waals surface area contributed by atoms with Gasteiger partial charge in [0.1, 0.15) is 18.4 Å². The van der Waals surface area contributed by atoms with Crippen LogP contribution in [0.25, 0.3) is 11.2 Å². The minimum atomic E-state index is -1.28. The fourth-order valence-corrected chi connectivity index (χ4v) is 10.7. The van der Waals surface area contributed by atoms with E-state index in [1.807, 2.05) is 0 Å². The lowest BCUT2D eigenvalue weighted by Crippen LogP contribution is -2.49. The van der Waals surface area contributed by atoms with Gasteiger partial charge in [0.15, 0.2) is 16.9 Å². The van der Waals surface area contributed by atoms with Gasteiger partial charge >= 0.3 is 12.1 Å². The number of nitrogens with two attached hydrogens (primary N) is 2. The summed E-state index contributed by atoms with van der Waals surface area (Å²) < 4.78 is 11.3. The molecule has 0 spiro atoms. The number of carbonyl (C=O) groups excluding carboxylic acids is 6. The quantitative estimate of drug-likeness (QED) is 0.0323. The number of carbonyl (C=O) groups is 7. The van der Waals surface area contributed by atoms with Crippen LogP contribution in [-0.4, -0.2) is 115 Å². The molecule has 64 heavy (non-hydrogen) atoms. The first-order chi connectivity index (χ1) is 30.6. The summed E-state index contributed by atoms with van der Waals surface area (Å²) in [5.74, 6) is -3.85. The van der Waals surface area contributed by atoms with Gasteiger partial charge in [-0.2, -0.15) is 4.98 Å². The third-order valence-corrected chi connectivity index (χ3v) is 14.2. The number of ether oxygens (including phenoxy) is 2. The summed E-state index contributed by atoms with van der Waals surface area (Å²) in [7, 11) is 4.37. The number of anilines is 2. The van der Waals surface area contributed by atoms with E-state index < -0.39 is 52.8 Å². The molecule has 1 saturated heterocycles. The van der Waals surface area contributed by atoms with Gasteiger partial charge in [-0.15, -0.1) is 0 Å². The largest absolute Gasteiger partial charge is 0.480 e. The second-order valence-corrected chi connectivity index (χ2v) is 18.4. The van der Waals surface area contributed by atoms with Crippen molar-refractivity contribution in [2.75, 3.05) is 36.3 Å². The second kappa shape index (κ2) is 19.3. The number of Topliss-reactive ketones (excluding diaryl/α,β-unsaturated/α-hetero) is 3. The van der Waals surface area contributed by atoms with Gasteiger partial charge < -0.3 is 42.0 Å². The highest BCUT2D eigenvalue weighted by molar-refractivity contribution is 8.76. The van der Waals surface area contributed by atoms with Crippen LogP contribution in [0, 0.1) is 11.8 Å². The minimum absolute atomic E-state index is 0.0109. The van der Waals surface area contributed by atoms with E-state index in [0.29, 0.717) is 41.3 Å². The molecule has 3 aromatic rings. The summed E-state index contributed by atoms with van der Waals surface area (Å²) in [6.45, 7) is 1.66. The first-order valence-corrected chi connectivity index (χ1v) is 22.8. The number of hydrogen-bond acceptors (Lipinski definition) is 18. The number of carboxylic acid groups (broad SMARTS) is 1. The molecule has 4 aliphatic rings. The SMILES string of the molecule is CO[C@@]12C(C[C@@H]3N[C@@H]31)C1=C(C(=O)C(NC(=O)OCCSSCCCC(=O)CC[C@H](NC(=O)c3ccc(NCc4cnc5nc(N)[nH]c(=O)c5n4)cc3)C(=O)O)=C(C)C1=O)[C@H]2CC(N)=O. The van der Waals surface area contributed by atoms with Crippen molar-refractivity contribution in [2.24, 2.45) is 17.6 Å². The zero-order chi connectivity index (χ0) is 45.9. The Morgan fingerprint density at radius 1 is 1.03 bits per heavy atom. The highest BCUT2D eigenvalue weighted by Crippen LogP contribution is 2.62. The number of hydrogen-bond donors (Lipinski definition) is 8. The summed E-state index contributed by atoms with van der Waals surface area (Å²) in [5.41, 5.74) is 11.5. The van der Waals surface area contributed by atoms with Crippen LogP contribution in [0.2, 0.25) is 0 Å². The van der Waals surface area contributed by atoms with Crippen molar-refractivity contribution >= 4 is 85.6 Å². The second-order valence-electron chi connectivity index (χ2n) is 15.7. The van der Waals surface area contributed by atoms with E-state index in [4.69, 9.17) is 20.9 Å². The fraction of sp³-hybridized carbons (Fsp3) is 0.439. The molecular weight excluding hydrogens is 873 g/mol. The summed E-state index contributed by atoms with van der Waals surface area (Å²) in [5, 5.41) is 21.1. The van der Waals surface area contributed by atoms with Crippen LogP contribution in [0.3, 0.4) is 0 Å². The van der Waals surface area contributed by atoms with E-state index in [1.54, 1.807) is 12.1 Å². The maximum Gasteiger partial charge on any atom is 0.411 e. The number of methoxy groups -OCH3 is 1. The van der Waals surface area contributed by atoms with Crippen molar-refractivity contribution in [3.05, 3.63) is 74.5 Å². The van der Waals surface area contributed by atoms with Crippen LogP contribution < -0.4 is 38.3 Å². The van der Waals surface area contributed by atoms with E-state index in [2.05, 4.69) is 41.2 Å². The lowest BCUT2D eigenvalue weighted by Gasteiger charge is -2.37. The molecular formula is C41H46N10O11S2. The Labute approximate surface area is 372 Å². The number of aromatic amines is 1. The fourth-order valence-electron chi connectivity index (χ4n) is 8.76. The van der Waals surface area contributed by atoms with E-state index >= 15 is 0 Å². The van der Waals surface area contributed by atoms with Crippen molar-refractivity contribution in [1.29, 1.82) is 0 Å². The summed E-state index contributed by atoms with van der Waals surface area (Å²) in [6.07, 6.45) is 1.51. The first-order valence-electron chi connectivity index (χ1n) is 20.4. The number of nitrogen functional groups attached to an aromatic ring is 1. The van der Waals surface area contributed by atoms with Crippen LogP contribution >= 0.6 is 21.6 Å². The molecule has 3 heterocycles. The molecule has 1 unspecified atom stereocenters. The van der Waals surface area contributed by atoms with Gasteiger partial charge in [-0.3, -0.25) is 39.1 Å². The number of rotatable bonds is 21. The lowest BCUT2D eigenvalue weighted by atomic mass is 9.78. The van der Waals surface area contributed by atoms with Crippen LogP contribution in [0.5, 0.6) is 0 Å². The molecule has 3 amide bonds. The highest BCUT2D eigenvalue weighted by atomic mass is 33.1. The number of benzene rings is 1. The van der Waals surface area contributed by atoms with Gasteiger partial charge in [0.05, 0.1) is 35.8 Å². The van der Waals surface area contributed by atoms with E-state index in [0.717, 1.165) is 0 Å². The maximum atomic E-state index is 13.9. The average Bonchev–Trinajstić information content (AvgIpc) is 3.88. The molecule has 21 nitrogen and oxygen atoms in total. The normalized spacial score (nSPS) is 22.4. The number of carboxylic acids is 1. The summed E-state index contributed by atoms with van der Waals surface area (Å²) in [6, 6.07) is 4.97. The van der Waals surface area contributed by atoms with Gasteiger partial charge in [-0.25, -0.2) is 19.6 Å². The Hall–Kier alpha value is -6.17. The Morgan fingerprint density at radius 2 is 1.78 bits per heavy atom. The maximum absolute atomic E-state index is 13.9. The topological polar surface area (TPSA) is 340 Å². The van der Waals surface area contributed by atoms with E-state index in [1.165, 1.54) is 54.0 Å². The number of nitrogens with one attached hydrogen (secondary N) is 5. The smallest absolute Gasteiger partial charge is 0.411 e. The molecule has 23 heteroatoms. The van der Waals surface area contributed by atoms with Crippen molar-refractivity contribution in [1.82, 2.24) is 35.9 Å². The third kappa shape index (κ3) is 9.51. The van der Waals surface area contributed by atoms with Crippen LogP contribution in [0.1, 0.15) is 61.5 Å². The lowest BCUT2D eigenvalue weighted by molar-refractivity contribution is -0.139. The molecule has 6 atom stereocenters. The molecule has 2 aromatic heterocycles. The Kier molecular flexibility index (Phi) is 13.8. The minimum Gasteiger partial charge on any atom is -0.480 e. The third-order valence-electron chi connectivity index (χ3n) is 11.7. The number of H-pyrrole nitrogens is 1. The Balaban J connectivity index is 0.775. The molecule has 7 rings (SSSR count). The number of aliphatic carboxylic acids is 1. The monoisotopic (exact) mass is 918 g/mol. The van der Waals surface area contributed by atoms with Gasteiger partial charge in [-0.1, -0.05) is 21.6 Å². The molecule has 1 aliphatic heterocycles. The van der Waals surface area contributed by atoms with Gasteiger partial charge in [0.2, 0.25) is 17.6 Å². The van der Waals surface area contributed by atoms with Gasteiger partial charge in [-0.05, 0) is 50.5 Å². The van der Waals surface area contributed by atoms with Crippen molar-refractivity contribution in [2.45, 2.75) is 75.7 Å². The van der Waals surface area contributed by atoms with Crippen LogP contribution in [0.4, 0.5) is 16.4 Å². The van der Waals surface area contributed by atoms with Crippen molar-refractivity contribution in [3.63, 3.8) is 0 Å². The average molecular weight is 919 g/mol. The van der Waals surface area contributed by atoms with Crippen molar-refractivity contribution < 1.29 is 48.1 Å². The molecule has 0 bridgehead atoms. The molecule has 3 aliphatic carbocycles. The summed E-state index contributed by atoms with van der Waals surface area (Å²) >= 11 is 0. The van der Waals surface area contributed by atoms with Gasteiger partial charge in [0, 0.05) is 83.7 Å². The first kappa shape index (κ1) is 45.8. The number of fused-ring (bicyclic) bond motifs is 5. The molecule has 2 fully saturated rings. The Bertz CT molecular complexity index is 2550. The number of allylic oxidation sites excluding steroid dienone is 2. The molecule has 1 saturated carbocycles. The van der Waals surface area contributed by atoms with E-state index in [9.17, 15) is 43.5 Å².